The minimum Gasteiger partial charge on any atom is -0.512 e. The molecule has 6 aromatic carbocycles. The summed E-state index contributed by atoms with van der Waals surface area (Å²) in [5.74, 6) is 0.821. The van der Waals surface area contributed by atoms with Crippen molar-refractivity contribution in [2.75, 3.05) is 0 Å². The molecule has 0 spiro atoms. The number of benzene rings is 6. The normalized spacial score (nSPS) is 11.5. The number of ketones is 2. The Morgan fingerprint density at radius 1 is 0.529 bits per heavy atom. The molecule has 0 fully saturated rings. The van der Waals surface area contributed by atoms with E-state index in [2.05, 4.69) is 0 Å². The summed E-state index contributed by atoms with van der Waals surface area (Å²) in [4.78, 5) is 36.1. The lowest BCUT2D eigenvalue weighted by Crippen LogP contribution is -2.42. The van der Waals surface area contributed by atoms with Crippen molar-refractivity contribution in [2.45, 2.75) is 13.1 Å². The maximum Gasteiger partial charge on any atom is 0.454 e. The molecule has 9 heteroatoms. The van der Waals surface area contributed by atoms with Crippen LogP contribution < -0.4 is 8.85 Å². The quantitative estimate of drug-likeness (QED) is 0.0714. The molecular weight excluding hydrogens is 695 g/mol. The zero-order valence-electron chi connectivity index (χ0n) is 27.8. The van der Waals surface area contributed by atoms with Crippen LogP contribution in [0.25, 0.3) is 0 Å². The Balaban J connectivity index is 1.23. The van der Waals surface area contributed by atoms with Crippen molar-refractivity contribution in [3.8, 4) is 11.5 Å². The van der Waals surface area contributed by atoms with Crippen LogP contribution in [0.1, 0.15) is 43.0 Å². The first-order valence-electron chi connectivity index (χ1n) is 16.1. The van der Waals surface area contributed by atoms with E-state index in [-0.39, 0.29) is 11.6 Å². The van der Waals surface area contributed by atoms with Gasteiger partial charge < -0.3 is 8.85 Å². The van der Waals surface area contributed by atoms with E-state index in [1.807, 2.05) is 98.0 Å². The molecule has 0 unspecified atom stereocenters. The highest BCUT2D eigenvalue weighted by Crippen LogP contribution is 2.30. The van der Waals surface area contributed by atoms with Gasteiger partial charge in [0.05, 0.1) is 11.4 Å². The molecule has 0 bridgehead atoms. The Kier molecular flexibility index (Phi) is 11.0. The number of aliphatic imine (C=N–C) groups is 2. The summed E-state index contributed by atoms with van der Waals surface area (Å²) >= 11 is 12.6. The fourth-order valence-electron chi connectivity index (χ4n) is 5.28. The Morgan fingerprint density at radius 3 is 1.31 bits per heavy atom. The number of hydrogen-bond donors (Lipinski definition) is 0. The van der Waals surface area contributed by atoms with Crippen LogP contribution in [0, 0.1) is 0 Å². The van der Waals surface area contributed by atoms with Gasteiger partial charge in [0.1, 0.15) is 11.5 Å². The number of para-hydroxylation sites is 2. The van der Waals surface area contributed by atoms with Crippen LogP contribution in [0.2, 0.25) is 23.1 Å². The van der Waals surface area contributed by atoms with Gasteiger partial charge in [0.25, 0.3) is 0 Å². The van der Waals surface area contributed by atoms with Crippen LogP contribution in [0.15, 0.2) is 156 Å². The fraction of sp³-hybridized carbons (Fsp3) is 0.0476. The summed E-state index contributed by atoms with van der Waals surface area (Å²) < 4.78 is 13.1. The van der Waals surface area contributed by atoms with E-state index in [4.69, 9.17) is 42.0 Å². The van der Waals surface area contributed by atoms with Gasteiger partial charge in [0.15, 0.2) is 11.6 Å². The molecule has 0 atom stereocenters. The number of halogens is 2. The first-order chi connectivity index (χ1) is 24.7. The van der Waals surface area contributed by atoms with Crippen LogP contribution in [0.3, 0.4) is 0 Å². The van der Waals surface area contributed by atoms with E-state index in [0.717, 1.165) is 0 Å². The molecule has 0 aliphatic carbocycles. The van der Waals surface area contributed by atoms with Crippen LogP contribution in [-0.2, 0) is 0 Å². The predicted molar refractivity (Wildman–Crippen MR) is 209 cm³/mol. The summed E-state index contributed by atoms with van der Waals surface area (Å²) in [5.41, 5.74) is 4.28. The molecule has 0 aliphatic rings. The third-order valence-electron chi connectivity index (χ3n) is 7.71. The number of rotatable bonds is 12. The third-order valence-corrected chi connectivity index (χ3v) is 9.61. The van der Waals surface area contributed by atoms with Crippen LogP contribution in [0.4, 0.5) is 11.4 Å². The molecule has 0 heterocycles. The lowest BCUT2D eigenvalue weighted by atomic mass is 10.0. The van der Waals surface area contributed by atoms with Crippen LogP contribution in [0.5, 0.6) is 11.5 Å². The van der Waals surface area contributed by atoms with E-state index in [1.165, 1.54) is 0 Å². The average molecular weight is 728 g/mol. The van der Waals surface area contributed by atoms with Gasteiger partial charge in [-0.25, -0.2) is 0 Å². The zero-order chi connectivity index (χ0) is 35.8. The zero-order valence-corrected chi connectivity index (χ0v) is 30.3. The summed E-state index contributed by atoms with van der Waals surface area (Å²) in [6, 6.07) is 43.2. The topological polar surface area (TPSA) is 77.3 Å². The van der Waals surface area contributed by atoms with E-state index < -0.39 is 8.56 Å². The average Bonchev–Trinajstić information content (AvgIpc) is 3.14. The van der Waals surface area contributed by atoms with Crippen LogP contribution in [-0.4, -0.2) is 32.6 Å². The van der Waals surface area contributed by atoms with E-state index in [1.54, 1.807) is 73.1 Å². The van der Waals surface area contributed by atoms with Crippen molar-refractivity contribution in [3.63, 3.8) is 0 Å². The van der Waals surface area contributed by atoms with Gasteiger partial charge in [0, 0.05) is 68.9 Å². The molecule has 0 saturated heterocycles. The SMILES string of the molecule is C[Si](C)(Oc1ccccc1C=Nc1ccc(Cl)cc1C(=O)c1ccccc1)Oc1ccccc1C=Nc1ccc(Cl)cc1C(=O)c1ccccc1. The highest BCUT2D eigenvalue weighted by molar-refractivity contribution is 6.66. The maximum absolute atomic E-state index is 13.3. The Labute approximate surface area is 307 Å². The van der Waals surface area contributed by atoms with Gasteiger partial charge in [-0.15, -0.1) is 0 Å². The van der Waals surface area contributed by atoms with Gasteiger partial charge in [-0.05, 0) is 60.7 Å². The van der Waals surface area contributed by atoms with E-state index in [9.17, 15) is 9.59 Å². The molecule has 6 rings (SSSR count). The second-order valence-electron chi connectivity index (χ2n) is 11.9. The summed E-state index contributed by atoms with van der Waals surface area (Å²) in [7, 11) is -2.89. The Bertz CT molecular complexity index is 2100. The maximum atomic E-state index is 13.3. The summed E-state index contributed by atoms with van der Waals surface area (Å²) in [5, 5.41) is 0.892. The molecule has 51 heavy (non-hydrogen) atoms. The number of carbonyl (C=O) groups excluding carboxylic acids is 2. The highest BCUT2D eigenvalue weighted by Gasteiger charge is 2.31. The first-order valence-corrected chi connectivity index (χ1v) is 19.7. The number of nitrogens with zero attached hydrogens (tertiary/aromatic N) is 2. The van der Waals surface area contributed by atoms with Crippen molar-refractivity contribution >= 4 is 67.1 Å². The van der Waals surface area contributed by atoms with Gasteiger partial charge >= 0.3 is 8.56 Å². The summed E-state index contributed by atoms with van der Waals surface area (Å²) in [6.45, 7) is 3.89. The second-order valence-corrected chi connectivity index (χ2v) is 16.0. The van der Waals surface area contributed by atoms with Gasteiger partial charge in [-0.2, -0.15) is 0 Å². The Morgan fingerprint density at radius 2 is 0.902 bits per heavy atom. The highest BCUT2D eigenvalue weighted by atomic mass is 35.5. The molecule has 0 N–H and O–H groups in total. The number of hydrogen-bond acceptors (Lipinski definition) is 6. The van der Waals surface area contributed by atoms with Crippen LogP contribution >= 0.6 is 23.2 Å². The van der Waals surface area contributed by atoms with Crippen molar-refractivity contribution in [1.82, 2.24) is 0 Å². The van der Waals surface area contributed by atoms with Crippen molar-refractivity contribution in [3.05, 3.63) is 189 Å². The largest absolute Gasteiger partial charge is 0.512 e. The minimum absolute atomic E-state index is 0.172. The number of carbonyl (C=O) groups is 2. The molecule has 0 aliphatic heterocycles. The lowest BCUT2D eigenvalue weighted by Gasteiger charge is -2.26. The van der Waals surface area contributed by atoms with Crippen molar-refractivity contribution < 1.29 is 18.4 Å². The van der Waals surface area contributed by atoms with E-state index in [0.29, 0.717) is 66.3 Å². The molecule has 0 saturated carbocycles. The second kappa shape index (κ2) is 16.0. The summed E-state index contributed by atoms with van der Waals surface area (Å²) in [6.07, 6.45) is 3.34. The van der Waals surface area contributed by atoms with Gasteiger partial charge in [-0.3, -0.25) is 19.6 Å². The standard InChI is InChI=1S/C42H32Cl2N2O4Si/c1-51(2,49-39-19-11-9-17-31(39)27-45-37-23-21-33(43)25-35(37)41(47)29-13-5-3-6-14-29)50-40-20-12-10-18-32(40)28-46-38-24-22-34(44)26-36(38)42(48)30-15-7-4-8-16-30/h3-28H,1-2H3. The molecular formula is C42H32Cl2N2O4Si. The molecule has 6 aromatic rings. The Hall–Kier alpha value is -5.60. The van der Waals surface area contributed by atoms with Crippen molar-refractivity contribution in [2.24, 2.45) is 9.98 Å². The first kappa shape index (κ1) is 35.2. The molecule has 0 amide bonds. The minimum atomic E-state index is -2.89. The van der Waals surface area contributed by atoms with Gasteiger partial charge in [0.2, 0.25) is 0 Å². The monoisotopic (exact) mass is 726 g/mol. The predicted octanol–water partition coefficient (Wildman–Crippen LogP) is 11.1. The molecule has 0 radical (unpaired) electrons. The molecule has 0 aromatic heterocycles. The lowest BCUT2D eigenvalue weighted by molar-refractivity contribution is 0.103. The van der Waals surface area contributed by atoms with E-state index >= 15 is 0 Å². The molecule has 6 nitrogen and oxygen atoms in total. The third kappa shape index (κ3) is 8.96. The fourth-order valence-corrected chi connectivity index (χ4v) is 7.10. The van der Waals surface area contributed by atoms with Gasteiger partial charge in [-0.1, -0.05) is 108 Å². The smallest absolute Gasteiger partial charge is 0.454 e. The van der Waals surface area contributed by atoms with Crippen molar-refractivity contribution in [1.29, 1.82) is 0 Å². The molecule has 252 valence electrons.